The number of aryl methyl sites for hydroxylation is 1. The van der Waals surface area contributed by atoms with Gasteiger partial charge in [0.05, 0.1) is 35.4 Å². The van der Waals surface area contributed by atoms with E-state index in [1.54, 1.807) is 6.92 Å². The third-order valence-electron chi connectivity index (χ3n) is 8.09. The Bertz CT molecular complexity index is 1650. The molecule has 1 saturated heterocycles. The fourth-order valence-electron chi connectivity index (χ4n) is 5.59. The first kappa shape index (κ1) is 33.7. The summed E-state index contributed by atoms with van der Waals surface area (Å²) >= 11 is 1.52. The number of carboxylic acid groups (broad SMARTS) is 1. The van der Waals surface area contributed by atoms with E-state index in [-0.39, 0.29) is 37.9 Å². The molecule has 46 heavy (non-hydrogen) atoms. The lowest BCUT2D eigenvalue weighted by Gasteiger charge is -2.31. The van der Waals surface area contributed by atoms with Crippen molar-refractivity contribution in [1.82, 2.24) is 19.3 Å². The zero-order chi connectivity index (χ0) is 32.7. The third kappa shape index (κ3) is 9.01. The van der Waals surface area contributed by atoms with Crippen LogP contribution in [0.25, 0.3) is 15.8 Å². The fraction of sp³-hybridized carbons (Fsp3) is 0.531. The molecule has 0 unspecified atom stereocenters. The number of rotatable bonds is 14. The van der Waals surface area contributed by atoms with Crippen LogP contribution in [0.1, 0.15) is 63.5 Å². The summed E-state index contributed by atoms with van der Waals surface area (Å²) in [6, 6.07) is 6.10. The van der Waals surface area contributed by atoms with Crippen LogP contribution >= 0.6 is 11.3 Å². The van der Waals surface area contributed by atoms with Gasteiger partial charge in [0.25, 0.3) is 5.19 Å². The molecule has 2 aliphatic rings. The fourth-order valence-corrected chi connectivity index (χ4v) is 8.21. The van der Waals surface area contributed by atoms with Gasteiger partial charge in [-0.05, 0) is 41.7 Å². The van der Waals surface area contributed by atoms with Crippen molar-refractivity contribution < 1.29 is 32.6 Å². The number of hydrogen-bond donors (Lipinski definition) is 1. The maximum Gasteiger partial charge on any atom is 0.306 e. The van der Waals surface area contributed by atoms with Crippen LogP contribution in [-0.4, -0.2) is 89.4 Å². The summed E-state index contributed by atoms with van der Waals surface area (Å²) in [5, 5.41) is 9.33. The van der Waals surface area contributed by atoms with Gasteiger partial charge in [0.2, 0.25) is 16.0 Å². The predicted molar refractivity (Wildman–Crippen MR) is 176 cm³/mol. The molecule has 0 amide bonds. The number of sulfonamides is 1. The van der Waals surface area contributed by atoms with Gasteiger partial charge in [-0.3, -0.25) is 9.59 Å². The number of aliphatic carboxylic acids is 1. The van der Waals surface area contributed by atoms with E-state index in [2.05, 4.69) is 27.9 Å². The Morgan fingerprint density at radius 3 is 2.57 bits per heavy atom. The Kier molecular flexibility index (Phi) is 11.2. The predicted octanol–water partition coefficient (Wildman–Crippen LogP) is 4.55. The van der Waals surface area contributed by atoms with Crippen molar-refractivity contribution in [3.8, 4) is 5.19 Å². The van der Waals surface area contributed by atoms with E-state index in [4.69, 9.17) is 19.6 Å². The van der Waals surface area contributed by atoms with E-state index < -0.39 is 27.9 Å². The quantitative estimate of drug-likeness (QED) is 0.240. The summed E-state index contributed by atoms with van der Waals surface area (Å²) in [6.45, 7) is 6.05. The number of carbonyl (C=O) groups is 2. The summed E-state index contributed by atoms with van der Waals surface area (Å²) in [4.78, 5) is 38.3. The maximum atomic E-state index is 13.0. The summed E-state index contributed by atoms with van der Waals surface area (Å²) in [5.41, 5.74) is 4.16. The lowest BCUT2D eigenvalue weighted by Crippen LogP contribution is -2.39. The monoisotopic (exact) mass is 671 g/mol. The van der Waals surface area contributed by atoms with Gasteiger partial charge in [-0.1, -0.05) is 43.7 Å². The zero-order valence-corrected chi connectivity index (χ0v) is 27.9. The first-order valence-corrected chi connectivity index (χ1v) is 18.2. The highest BCUT2D eigenvalue weighted by atomic mass is 32.2. The summed E-state index contributed by atoms with van der Waals surface area (Å²) in [7, 11) is -3.56. The first-order chi connectivity index (χ1) is 22.1. The van der Waals surface area contributed by atoms with E-state index >= 15 is 0 Å². The number of thiazole rings is 1. The molecular weight excluding hydrogens is 631 g/mol. The molecule has 4 heterocycles. The number of aromatic nitrogens is 3. The van der Waals surface area contributed by atoms with E-state index in [1.807, 2.05) is 30.6 Å². The van der Waals surface area contributed by atoms with Crippen LogP contribution in [0.3, 0.4) is 0 Å². The molecule has 2 aliphatic heterocycles. The average Bonchev–Trinajstić information content (AvgIpc) is 3.45. The van der Waals surface area contributed by atoms with E-state index in [0.717, 1.165) is 71.6 Å². The van der Waals surface area contributed by atoms with E-state index in [0.29, 0.717) is 18.2 Å². The average molecular weight is 672 g/mol. The number of ether oxygens (including phenoxy) is 2. The molecule has 1 aromatic carbocycles. The number of carboxylic acids is 1. The van der Waals surface area contributed by atoms with Crippen LogP contribution in [0.4, 0.5) is 5.95 Å². The number of piperidine rings is 1. The van der Waals surface area contributed by atoms with Gasteiger partial charge in [-0.25, -0.2) is 23.4 Å². The molecule has 248 valence electrons. The normalized spacial score (nSPS) is 17.1. The van der Waals surface area contributed by atoms with E-state index in [1.165, 1.54) is 15.6 Å². The minimum atomic E-state index is -3.56. The standard InChI is InChI=1S/C32H41N5O7S2/c1-3-4-23-18-33-31(34-19-23)36-13-11-26(12-14-36)44-32-35-27-6-5-25(17-28(27)45-32)24-9-15-37(16-10-24)46(41,42)21-22(2)20-43-30(40)8-7-29(38)39/h5-6,9,17-19,22,26H,3-4,7-8,10-16,20-21H2,1-2H3,(H,38,39)/t22-/m1/s1. The number of anilines is 1. The lowest BCUT2D eigenvalue weighted by atomic mass is 10.0. The van der Waals surface area contributed by atoms with Crippen LogP contribution in [0.15, 0.2) is 36.7 Å². The third-order valence-corrected chi connectivity index (χ3v) is 11.1. The van der Waals surface area contributed by atoms with Crippen LogP contribution in [0.5, 0.6) is 5.19 Å². The molecule has 12 nitrogen and oxygen atoms in total. The van der Waals surface area contributed by atoms with Crippen LogP contribution in [0, 0.1) is 5.92 Å². The highest BCUT2D eigenvalue weighted by molar-refractivity contribution is 7.89. The number of nitrogens with zero attached hydrogens (tertiary/aromatic N) is 5. The molecule has 3 aromatic rings. The molecule has 1 atom stereocenters. The van der Waals surface area contributed by atoms with E-state index in [9.17, 15) is 18.0 Å². The molecular formula is C32H41N5O7S2. The Labute approximate surface area is 273 Å². The van der Waals surface area contributed by atoms with Crippen LogP contribution < -0.4 is 9.64 Å². The maximum absolute atomic E-state index is 13.0. The molecule has 0 saturated carbocycles. The Morgan fingerprint density at radius 1 is 1.13 bits per heavy atom. The number of fused-ring (bicyclic) bond motifs is 1. The summed E-state index contributed by atoms with van der Waals surface area (Å²) in [5.74, 6) is -1.53. The van der Waals surface area contributed by atoms with Crippen molar-refractivity contribution in [2.75, 3.05) is 43.4 Å². The molecule has 0 aliphatic carbocycles. The van der Waals surface area contributed by atoms with Gasteiger partial charge in [0, 0.05) is 57.3 Å². The molecule has 1 N–H and O–H groups in total. The molecule has 0 spiro atoms. The SMILES string of the molecule is CCCc1cnc(N2CCC(Oc3nc4ccc(C5=CCN(S(=O)(=O)C[C@H](C)COC(=O)CCC(=O)O)CC5)cc4s3)CC2)nc1. The van der Waals surface area contributed by atoms with Crippen LogP contribution in [-0.2, 0) is 30.8 Å². The first-order valence-electron chi connectivity index (χ1n) is 15.8. The topological polar surface area (TPSA) is 152 Å². The second-order valence-electron chi connectivity index (χ2n) is 11.9. The van der Waals surface area contributed by atoms with Crippen molar-refractivity contribution in [2.24, 2.45) is 5.92 Å². The second-order valence-corrected chi connectivity index (χ2v) is 14.9. The van der Waals surface area contributed by atoms with Gasteiger partial charge >= 0.3 is 11.9 Å². The van der Waals surface area contributed by atoms with Crippen molar-refractivity contribution in [3.63, 3.8) is 0 Å². The minimum Gasteiger partial charge on any atom is -0.481 e. The summed E-state index contributed by atoms with van der Waals surface area (Å²) in [6.07, 6.45) is 9.70. The lowest BCUT2D eigenvalue weighted by molar-refractivity contribution is -0.148. The molecule has 0 radical (unpaired) electrons. The van der Waals surface area contributed by atoms with Crippen molar-refractivity contribution in [2.45, 2.75) is 64.9 Å². The Morgan fingerprint density at radius 2 is 1.89 bits per heavy atom. The highest BCUT2D eigenvalue weighted by Gasteiger charge is 2.28. The van der Waals surface area contributed by atoms with Crippen molar-refractivity contribution >= 4 is 55.0 Å². The summed E-state index contributed by atoms with van der Waals surface area (Å²) < 4.78 is 39.9. The van der Waals surface area contributed by atoms with Gasteiger partial charge in [0.15, 0.2) is 0 Å². The number of benzene rings is 1. The highest BCUT2D eigenvalue weighted by Crippen LogP contribution is 2.33. The van der Waals surface area contributed by atoms with Crippen LogP contribution in [0.2, 0.25) is 0 Å². The number of carbonyl (C=O) groups excluding carboxylic acids is 1. The second kappa shape index (κ2) is 15.3. The molecule has 0 bridgehead atoms. The van der Waals surface area contributed by atoms with Gasteiger partial charge in [-0.15, -0.1) is 0 Å². The molecule has 1 fully saturated rings. The molecule has 2 aromatic heterocycles. The zero-order valence-electron chi connectivity index (χ0n) is 26.3. The number of hydrogen-bond acceptors (Lipinski definition) is 11. The molecule has 14 heteroatoms. The Hall–Kier alpha value is -3.62. The molecule has 5 rings (SSSR count). The van der Waals surface area contributed by atoms with Crippen molar-refractivity contribution in [1.29, 1.82) is 0 Å². The number of esters is 1. The largest absolute Gasteiger partial charge is 0.481 e. The van der Waals surface area contributed by atoms with Crippen molar-refractivity contribution in [3.05, 3.63) is 47.8 Å². The van der Waals surface area contributed by atoms with Gasteiger partial charge < -0.3 is 19.5 Å². The van der Waals surface area contributed by atoms with Gasteiger partial charge in [-0.2, -0.15) is 4.31 Å². The smallest absolute Gasteiger partial charge is 0.306 e. The minimum absolute atomic E-state index is 0.0745. The van der Waals surface area contributed by atoms with Gasteiger partial charge in [0.1, 0.15) is 6.10 Å². The Balaban J connectivity index is 1.11.